The minimum Gasteiger partial charge on any atom is -0.468 e. The van der Waals surface area contributed by atoms with Gasteiger partial charge in [-0.2, -0.15) is 0 Å². The van der Waals surface area contributed by atoms with Gasteiger partial charge in [-0.3, -0.25) is 9.59 Å². The van der Waals surface area contributed by atoms with Gasteiger partial charge in [-0.25, -0.2) is 4.79 Å². The summed E-state index contributed by atoms with van der Waals surface area (Å²) in [6.07, 6.45) is 6.30. The van der Waals surface area contributed by atoms with Gasteiger partial charge in [-0.1, -0.05) is 12.2 Å². The van der Waals surface area contributed by atoms with Gasteiger partial charge in [-0.15, -0.1) is 0 Å². The number of allylic oxidation sites excluding steroid dienone is 3. The number of rotatable bonds is 9. The molecule has 0 bridgehead atoms. The van der Waals surface area contributed by atoms with Crippen LogP contribution in [0.2, 0.25) is 0 Å². The van der Waals surface area contributed by atoms with E-state index in [1.54, 1.807) is 6.92 Å². The van der Waals surface area contributed by atoms with Crippen LogP contribution in [-0.2, 0) is 23.9 Å². The first-order valence-corrected chi connectivity index (χ1v) is 5.30. The third-order valence-corrected chi connectivity index (χ3v) is 1.67. The van der Waals surface area contributed by atoms with Crippen molar-refractivity contribution in [3.8, 4) is 0 Å². The van der Waals surface area contributed by atoms with Crippen molar-refractivity contribution < 1.29 is 23.9 Å². The average Bonchev–Trinajstić information content (AvgIpc) is 2.31. The molecule has 0 fully saturated rings. The molecular weight excluding hydrogens is 224 g/mol. The molecule has 0 amide bonds. The zero-order valence-electron chi connectivity index (χ0n) is 9.76. The van der Waals surface area contributed by atoms with Crippen LogP contribution < -0.4 is 0 Å². The van der Waals surface area contributed by atoms with Gasteiger partial charge < -0.3 is 9.47 Å². The molecule has 0 saturated heterocycles. The molecule has 0 radical (unpaired) electrons. The maximum Gasteiger partial charge on any atom is 0.330 e. The van der Waals surface area contributed by atoms with Crippen LogP contribution in [0.1, 0.15) is 19.8 Å². The van der Waals surface area contributed by atoms with Crippen LogP contribution >= 0.6 is 0 Å². The Morgan fingerprint density at radius 3 is 2.53 bits per heavy atom. The lowest BCUT2D eigenvalue weighted by Crippen LogP contribution is -1.99. The lowest BCUT2D eigenvalue weighted by molar-refractivity contribution is -0.137. The lowest BCUT2D eigenvalue weighted by Gasteiger charge is -1.95. The van der Waals surface area contributed by atoms with E-state index >= 15 is 0 Å². The maximum atomic E-state index is 11.2. The molecule has 5 heteroatoms. The second kappa shape index (κ2) is 10.6. The van der Waals surface area contributed by atoms with Crippen LogP contribution in [0.3, 0.4) is 0 Å². The van der Waals surface area contributed by atoms with Gasteiger partial charge in [0.1, 0.15) is 0 Å². The number of esters is 1. The number of carbonyl (C=O) groups is 3. The molecular formula is C12H16O5. The third kappa shape index (κ3) is 10.4. The van der Waals surface area contributed by atoms with Crippen LogP contribution in [0.15, 0.2) is 24.3 Å². The number of ketones is 1. The van der Waals surface area contributed by atoms with E-state index in [2.05, 4.69) is 9.47 Å². The standard InChI is InChI=1S/C12H16O5/c1-2-17-12(15)8-4-3-6-11(14)7-5-9-16-10-13/h3-4,6,8,10H,2,5,7,9H2,1H3. The predicted molar refractivity (Wildman–Crippen MR) is 61.2 cm³/mol. The average molecular weight is 240 g/mol. The molecule has 5 nitrogen and oxygen atoms in total. The molecule has 0 heterocycles. The van der Waals surface area contributed by atoms with E-state index in [0.29, 0.717) is 25.9 Å². The van der Waals surface area contributed by atoms with Crippen LogP contribution in [-0.4, -0.2) is 31.4 Å². The number of ether oxygens (including phenoxy) is 2. The summed E-state index contributed by atoms with van der Waals surface area (Å²) in [5, 5.41) is 0. The molecule has 0 aromatic carbocycles. The number of hydrogen-bond acceptors (Lipinski definition) is 5. The molecule has 0 aromatic rings. The fourth-order valence-electron chi connectivity index (χ4n) is 0.949. The van der Waals surface area contributed by atoms with Crippen molar-refractivity contribution in [2.45, 2.75) is 19.8 Å². The van der Waals surface area contributed by atoms with Crippen molar-refractivity contribution in [1.82, 2.24) is 0 Å². The molecule has 0 rings (SSSR count). The highest BCUT2D eigenvalue weighted by Gasteiger charge is 1.96. The quantitative estimate of drug-likeness (QED) is 0.199. The SMILES string of the molecule is CCOC(=O)C=CC=CC(=O)CCCOC=O. The summed E-state index contributed by atoms with van der Waals surface area (Å²) in [5.41, 5.74) is 0. The van der Waals surface area contributed by atoms with E-state index in [-0.39, 0.29) is 12.4 Å². The molecule has 0 aromatic heterocycles. The molecule has 94 valence electrons. The highest BCUT2D eigenvalue weighted by atomic mass is 16.5. The van der Waals surface area contributed by atoms with Gasteiger partial charge in [0.25, 0.3) is 6.47 Å². The van der Waals surface area contributed by atoms with Crippen molar-refractivity contribution in [2.24, 2.45) is 0 Å². The third-order valence-electron chi connectivity index (χ3n) is 1.67. The first-order chi connectivity index (χ1) is 8.20. The highest BCUT2D eigenvalue weighted by molar-refractivity contribution is 5.90. The largest absolute Gasteiger partial charge is 0.468 e. The van der Waals surface area contributed by atoms with E-state index < -0.39 is 5.97 Å². The summed E-state index contributed by atoms with van der Waals surface area (Å²) in [7, 11) is 0. The van der Waals surface area contributed by atoms with Gasteiger partial charge in [0.05, 0.1) is 13.2 Å². The fraction of sp³-hybridized carbons (Fsp3) is 0.417. The van der Waals surface area contributed by atoms with E-state index in [4.69, 9.17) is 0 Å². The van der Waals surface area contributed by atoms with Crippen molar-refractivity contribution in [2.75, 3.05) is 13.2 Å². The Kier molecular flexibility index (Phi) is 9.41. The summed E-state index contributed by atoms with van der Waals surface area (Å²) in [6, 6.07) is 0. The molecule has 0 spiro atoms. The fourth-order valence-corrected chi connectivity index (χ4v) is 0.949. The molecule has 0 saturated carbocycles. The molecule has 0 aliphatic carbocycles. The van der Waals surface area contributed by atoms with Gasteiger partial charge >= 0.3 is 5.97 Å². The molecule has 17 heavy (non-hydrogen) atoms. The van der Waals surface area contributed by atoms with Crippen molar-refractivity contribution in [1.29, 1.82) is 0 Å². The Labute approximate surface area is 100 Å². The Bertz CT molecular complexity index is 304. The number of hydrogen-bond donors (Lipinski definition) is 0. The monoisotopic (exact) mass is 240 g/mol. The van der Waals surface area contributed by atoms with Crippen LogP contribution in [0, 0.1) is 0 Å². The molecule has 0 atom stereocenters. The predicted octanol–water partition coefficient (Wildman–Crippen LogP) is 1.18. The van der Waals surface area contributed by atoms with E-state index in [9.17, 15) is 14.4 Å². The Morgan fingerprint density at radius 1 is 1.18 bits per heavy atom. The smallest absolute Gasteiger partial charge is 0.330 e. The number of carbonyl (C=O) groups excluding carboxylic acids is 3. The topological polar surface area (TPSA) is 69.7 Å². The highest BCUT2D eigenvalue weighted by Crippen LogP contribution is 1.93. The van der Waals surface area contributed by atoms with Gasteiger partial charge in [0.15, 0.2) is 5.78 Å². The van der Waals surface area contributed by atoms with Crippen molar-refractivity contribution in [3.05, 3.63) is 24.3 Å². The zero-order valence-corrected chi connectivity index (χ0v) is 9.76. The first-order valence-electron chi connectivity index (χ1n) is 5.30. The lowest BCUT2D eigenvalue weighted by atomic mass is 10.2. The summed E-state index contributed by atoms with van der Waals surface area (Å²) in [4.78, 5) is 31.9. The minimum atomic E-state index is -0.441. The second-order valence-electron chi connectivity index (χ2n) is 3.01. The van der Waals surface area contributed by atoms with E-state index in [1.807, 2.05) is 0 Å². The molecule has 0 N–H and O–H groups in total. The zero-order chi connectivity index (χ0) is 12.9. The Morgan fingerprint density at radius 2 is 1.88 bits per heavy atom. The second-order valence-corrected chi connectivity index (χ2v) is 3.01. The van der Waals surface area contributed by atoms with Crippen molar-refractivity contribution >= 4 is 18.2 Å². The Balaban J connectivity index is 3.72. The molecule has 0 unspecified atom stereocenters. The summed E-state index contributed by atoms with van der Waals surface area (Å²) in [5.74, 6) is -0.531. The Hall–Kier alpha value is -1.91. The van der Waals surface area contributed by atoms with Crippen LogP contribution in [0.25, 0.3) is 0 Å². The van der Waals surface area contributed by atoms with Gasteiger partial charge in [-0.05, 0) is 19.4 Å². The van der Waals surface area contributed by atoms with Gasteiger partial charge in [0, 0.05) is 12.5 Å². The van der Waals surface area contributed by atoms with Gasteiger partial charge in [0.2, 0.25) is 0 Å². The summed E-state index contributed by atoms with van der Waals surface area (Å²) >= 11 is 0. The normalized spacial score (nSPS) is 10.6. The first kappa shape index (κ1) is 15.1. The van der Waals surface area contributed by atoms with Crippen LogP contribution in [0.5, 0.6) is 0 Å². The van der Waals surface area contributed by atoms with E-state index in [1.165, 1.54) is 24.3 Å². The summed E-state index contributed by atoms with van der Waals surface area (Å²) in [6.45, 7) is 2.62. The van der Waals surface area contributed by atoms with E-state index in [0.717, 1.165) is 0 Å². The minimum absolute atomic E-state index is 0.0898. The van der Waals surface area contributed by atoms with Crippen molar-refractivity contribution in [3.63, 3.8) is 0 Å². The maximum absolute atomic E-state index is 11.2. The summed E-state index contributed by atoms with van der Waals surface area (Å²) < 4.78 is 9.08. The molecule has 0 aliphatic heterocycles. The van der Waals surface area contributed by atoms with Crippen LogP contribution in [0.4, 0.5) is 0 Å². The molecule has 0 aliphatic rings.